The molecule has 0 aliphatic rings. The number of hydrogen-bond acceptors (Lipinski definition) is 4. The van der Waals surface area contributed by atoms with Gasteiger partial charge in [-0.1, -0.05) is 36.4 Å². The molecule has 0 aromatic heterocycles. The molecule has 2 aromatic rings. The Morgan fingerprint density at radius 1 is 0.619 bits per heavy atom. The summed E-state index contributed by atoms with van der Waals surface area (Å²) in [6, 6.07) is 16.2. The predicted octanol–water partition coefficient (Wildman–Crippen LogP) is 1.83. The van der Waals surface area contributed by atoms with Crippen LogP contribution < -0.4 is 9.44 Å². The maximum Gasteiger partial charge on any atom is 0.249 e. The highest BCUT2D eigenvalue weighted by Crippen LogP contribution is 2.12. The highest BCUT2D eigenvalue weighted by atomic mass is 32.3. The van der Waals surface area contributed by atoms with Gasteiger partial charge in [0.2, 0.25) is 20.0 Å². The number of anilines is 2. The van der Waals surface area contributed by atoms with Crippen molar-refractivity contribution in [1.29, 1.82) is 0 Å². The number of nitrogens with one attached hydrogen (secondary N) is 2. The summed E-state index contributed by atoms with van der Waals surface area (Å²) in [5, 5.41) is -1.05. The fraction of sp³-hybridized carbons (Fsp3) is 0.0769. The van der Waals surface area contributed by atoms with Gasteiger partial charge >= 0.3 is 0 Å². The molecule has 8 heteroatoms. The molecule has 0 atom stereocenters. The van der Waals surface area contributed by atoms with Crippen LogP contribution in [-0.2, 0) is 20.0 Å². The molecule has 0 spiro atoms. The summed E-state index contributed by atoms with van der Waals surface area (Å²) >= 11 is 0. The zero-order valence-electron chi connectivity index (χ0n) is 10.9. The first-order valence-electron chi connectivity index (χ1n) is 5.97. The highest BCUT2D eigenvalue weighted by Gasteiger charge is 2.22. The molecule has 2 N–H and O–H groups in total. The molecule has 2 aromatic carbocycles. The molecule has 6 nitrogen and oxygen atoms in total. The molecule has 2 rings (SSSR count). The van der Waals surface area contributed by atoms with Crippen molar-refractivity contribution in [2.24, 2.45) is 0 Å². The van der Waals surface area contributed by atoms with Crippen LogP contribution >= 0.6 is 0 Å². The van der Waals surface area contributed by atoms with Gasteiger partial charge in [-0.05, 0) is 24.3 Å². The molecule has 0 unspecified atom stereocenters. The van der Waals surface area contributed by atoms with E-state index in [1.165, 1.54) is 24.3 Å². The molecular weight excluding hydrogens is 312 g/mol. The van der Waals surface area contributed by atoms with Crippen LogP contribution in [0, 0.1) is 0 Å². The Morgan fingerprint density at radius 2 is 0.952 bits per heavy atom. The molecule has 0 fully saturated rings. The van der Waals surface area contributed by atoms with Crippen LogP contribution in [0.3, 0.4) is 0 Å². The first-order valence-corrected chi connectivity index (χ1v) is 9.28. The normalized spacial score (nSPS) is 11.8. The van der Waals surface area contributed by atoms with E-state index >= 15 is 0 Å². The van der Waals surface area contributed by atoms with Crippen LogP contribution in [-0.4, -0.2) is 21.9 Å². The van der Waals surface area contributed by atoms with Crippen molar-refractivity contribution in [1.82, 2.24) is 0 Å². The van der Waals surface area contributed by atoms with E-state index in [2.05, 4.69) is 9.44 Å². The van der Waals surface area contributed by atoms with Crippen molar-refractivity contribution >= 4 is 31.4 Å². The van der Waals surface area contributed by atoms with E-state index in [1.807, 2.05) is 0 Å². The third-order valence-corrected chi connectivity index (χ3v) is 5.98. The second-order valence-corrected chi connectivity index (χ2v) is 8.09. The van der Waals surface area contributed by atoms with Crippen LogP contribution in [0.2, 0.25) is 0 Å². The summed E-state index contributed by atoms with van der Waals surface area (Å²) < 4.78 is 51.9. The summed E-state index contributed by atoms with van der Waals surface area (Å²) in [6.07, 6.45) is 0. The Balaban J connectivity index is 2.09. The Morgan fingerprint density at radius 3 is 1.29 bits per heavy atom. The van der Waals surface area contributed by atoms with Crippen molar-refractivity contribution < 1.29 is 16.8 Å². The zero-order valence-corrected chi connectivity index (χ0v) is 12.6. The van der Waals surface area contributed by atoms with Crippen molar-refractivity contribution in [2.45, 2.75) is 0 Å². The molecule has 0 radical (unpaired) electrons. The maximum absolute atomic E-state index is 11.9. The van der Waals surface area contributed by atoms with Gasteiger partial charge in [-0.2, -0.15) is 0 Å². The summed E-state index contributed by atoms with van der Waals surface area (Å²) in [6.45, 7) is 0. The van der Waals surface area contributed by atoms with Gasteiger partial charge < -0.3 is 0 Å². The number of hydrogen-bond donors (Lipinski definition) is 2. The summed E-state index contributed by atoms with van der Waals surface area (Å²) in [5.74, 6) is 0. The summed E-state index contributed by atoms with van der Waals surface area (Å²) in [4.78, 5) is 0. The average molecular weight is 326 g/mol. The number of para-hydroxylation sites is 2. The van der Waals surface area contributed by atoms with Gasteiger partial charge in [0.1, 0.15) is 0 Å². The number of rotatable bonds is 6. The Kier molecular flexibility index (Phi) is 4.49. The smallest absolute Gasteiger partial charge is 0.249 e. The van der Waals surface area contributed by atoms with Crippen LogP contribution in [0.4, 0.5) is 11.4 Å². The fourth-order valence-corrected chi connectivity index (χ4v) is 4.73. The van der Waals surface area contributed by atoms with Gasteiger partial charge in [0.05, 0.1) is 0 Å². The maximum atomic E-state index is 11.9. The van der Waals surface area contributed by atoms with Crippen molar-refractivity contribution in [3.8, 4) is 0 Å². The van der Waals surface area contributed by atoms with Gasteiger partial charge in [0.15, 0.2) is 5.08 Å². The topological polar surface area (TPSA) is 92.3 Å². The zero-order chi connectivity index (χ0) is 15.3. The minimum atomic E-state index is -4.01. The Bertz CT molecular complexity index is 719. The van der Waals surface area contributed by atoms with Gasteiger partial charge in [0.25, 0.3) is 0 Å². The van der Waals surface area contributed by atoms with E-state index in [1.54, 1.807) is 36.4 Å². The first kappa shape index (κ1) is 15.3. The van der Waals surface area contributed by atoms with E-state index in [0.717, 1.165) is 0 Å². The van der Waals surface area contributed by atoms with Crippen LogP contribution in [0.25, 0.3) is 0 Å². The van der Waals surface area contributed by atoms with Gasteiger partial charge in [-0.15, -0.1) is 0 Å². The third-order valence-electron chi connectivity index (χ3n) is 2.40. The van der Waals surface area contributed by atoms with E-state index in [4.69, 9.17) is 0 Å². The highest BCUT2D eigenvalue weighted by molar-refractivity contribution is 8.09. The quantitative estimate of drug-likeness (QED) is 0.847. The Hall–Kier alpha value is -2.06. The molecule has 0 bridgehead atoms. The molecule has 0 aliphatic heterocycles. The molecule has 0 saturated carbocycles. The molecule has 0 saturated heterocycles. The molecular formula is C13H14N2O4S2. The molecule has 0 aliphatic carbocycles. The lowest BCUT2D eigenvalue weighted by molar-refractivity contribution is 0.594. The third kappa shape index (κ3) is 5.09. The molecule has 0 heterocycles. The van der Waals surface area contributed by atoms with Gasteiger partial charge in [-0.3, -0.25) is 9.44 Å². The second kappa shape index (κ2) is 6.15. The van der Waals surface area contributed by atoms with E-state index in [0.29, 0.717) is 11.4 Å². The lowest BCUT2D eigenvalue weighted by Crippen LogP contribution is -2.27. The fourth-order valence-electron chi connectivity index (χ4n) is 1.63. The van der Waals surface area contributed by atoms with Crippen molar-refractivity contribution in [3.63, 3.8) is 0 Å². The van der Waals surface area contributed by atoms with Gasteiger partial charge in [0, 0.05) is 11.4 Å². The molecule has 21 heavy (non-hydrogen) atoms. The number of sulfonamides is 2. The lowest BCUT2D eigenvalue weighted by Gasteiger charge is -2.10. The number of benzene rings is 2. The standard InChI is InChI=1S/C13H14N2O4S2/c16-20(17,14-12-7-3-1-4-8-12)11-21(18,19)15-13-9-5-2-6-10-13/h1-10,14-15H,11H2. The minimum Gasteiger partial charge on any atom is -0.283 e. The second-order valence-electron chi connectivity index (χ2n) is 4.28. The molecule has 0 amide bonds. The SMILES string of the molecule is O=S(=O)(CS(=O)(=O)Nc1ccccc1)Nc1ccccc1. The van der Waals surface area contributed by atoms with Crippen molar-refractivity contribution in [3.05, 3.63) is 60.7 Å². The minimum absolute atomic E-state index is 0.312. The largest absolute Gasteiger partial charge is 0.283 e. The van der Waals surface area contributed by atoms with Crippen molar-refractivity contribution in [2.75, 3.05) is 14.5 Å². The van der Waals surface area contributed by atoms with Crippen LogP contribution in [0.5, 0.6) is 0 Å². The van der Waals surface area contributed by atoms with E-state index in [9.17, 15) is 16.8 Å². The monoisotopic (exact) mass is 326 g/mol. The Labute approximate surface area is 123 Å². The average Bonchev–Trinajstić information content (AvgIpc) is 2.38. The molecule has 112 valence electrons. The predicted molar refractivity (Wildman–Crippen MR) is 82.8 cm³/mol. The first-order chi connectivity index (χ1) is 9.86. The van der Waals surface area contributed by atoms with Gasteiger partial charge in [-0.25, -0.2) is 16.8 Å². The summed E-state index contributed by atoms with van der Waals surface area (Å²) in [5.41, 5.74) is 0.625. The van der Waals surface area contributed by atoms with Crippen LogP contribution in [0.1, 0.15) is 0 Å². The van der Waals surface area contributed by atoms with Crippen LogP contribution in [0.15, 0.2) is 60.7 Å². The lowest BCUT2D eigenvalue weighted by atomic mass is 10.3. The summed E-state index contributed by atoms with van der Waals surface area (Å²) in [7, 11) is -8.03. The van der Waals surface area contributed by atoms with E-state index in [-0.39, 0.29) is 0 Å². The van der Waals surface area contributed by atoms with E-state index < -0.39 is 25.1 Å².